The molecule has 1 aromatic rings. The molecule has 0 unspecified atom stereocenters. The highest BCUT2D eigenvalue weighted by Gasteiger charge is 2.10. The standard InChI is InChI=1S/C12H20N4O/c17-12(15-10-11-1-3-14-9-11)2-6-16-7-4-13-5-8-16/h1,3,9,13-14H,2,4-8,10H2,(H,15,17). The number of hydrogen-bond donors (Lipinski definition) is 3. The maximum atomic E-state index is 11.6. The number of carbonyl (C=O) groups is 1. The van der Waals surface area contributed by atoms with E-state index in [1.807, 2.05) is 18.5 Å². The van der Waals surface area contributed by atoms with Crippen LogP contribution in [0.1, 0.15) is 12.0 Å². The van der Waals surface area contributed by atoms with Gasteiger partial charge < -0.3 is 20.5 Å². The van der Waals surface area contributed by atoms with Crippen LogP contribution in [0.5, 0.6) is 0 Å². The number of H-pyrrole nitrogens is 1. The third-order valence-corrected chi connectivity index (χ3v) is 3.02. The normalized spacial score (nSPS) is 16.9. The predicted molar refractivity (Wildman–Crippen MR) is 66.6 cm³/mol. The lowest BCUT2D eigenvalue weighted by molar-refractivity contribution is -0.121. The zero-order chi connectivity index (χ0) is 11.9. The molecule has 3 N–H and O–H groups in total. The number of hydrogen-bond acceptors (Lipinski definition) is 3. The van der Waals surface area contributed by atoms with E-state index in [4.69, 9.17) is 0 Å². The number of aromatic nitrogens is 1. The number of nitrogens with zero attached hydrogens (tertiary/aromatic N) is 1. The van der Waals surface area contributed by atoms with Crippen molar-refractivity contribution in [1.29, 1.82) is 0 Å². The summed E-state index contributed by atoms with van der Waals surface area (Å²) in [5.41, 5.74) is 1.11. The van der Waals surface area contributed by atoms with E-state index in [0.717, 1.165) is 38.3 Å². The van der Waals surface area contributed by atoms with Gasteiger partial charge >= 0.3 is 0 Å². The number of nitrogens with one attached hydrogen (secondary N) is 3. The van der Waals surface area contributed by atoms with Crippen LogP contribution in [0.2, 0.25) is 0 Å². The molecule has 17 heavy (non-hydrogen) atoms. The molecule has 1 saturated heterocycles. The predicted octanol–water partition coefficient (Wildman–Crippen LogP) is -0.0738. The first-order valence-electron chi connectivity index (χ1n) is 6.16. The summed E-state index contributed by atoms with van der Waals surface area (Å²) in [6.45, 7) is 5.64. The number of amides is 1. The van der Waals surface area contributed by atoms with Crippen molar-refractivity contribution in [2.24, 2.45) is 0 Å². The van der Waals surface area contributed by atoms with E-state index in [1.165, 1.54) is 0 Å². The molecule has 1 fully saturated rings. The largest absolute Gasteiger partial charge is 0.367 e. The average molecular weight is 236 g/mol. The van der Waals surface area contributed by atoms with Crippen molar-refractivity contribution < 1.29 is 4.79 Å². The van der Waals surface area contributed by atoms with Crippen molar-refractivity contribution in [2.45, 2.75) is 13.0 Å². The SMILES string of the molecule is O=C(CCN1CCNCC1)NCc1cc[nH]c1. The van der Waals surface area contributed by atoms with Crippen LogP contribution in [0.3, 0.4) is 0 Å². The van der Waals surface area contributed by atoms with Crippen molar-refractivity contribution >= 4 is 5.91 Å². The summed E-state index contributed by atoms with van der Waals surface area (Å²) >= 11 is 0. The molecule has 0 spiro atoms. The Balaban J connectivity index is 1.60. The highest BCUT2D eigenvalue weighted by molar-refractivity contribution is 5.76. The second kappa shape index (κ2) is 6.42. The molecule has 0 aromatic carbocycles. The fraction of sp³-hybridized carbons (Fsp3) is 0.583. The van der Waals surface area contributed by atoms with Gasteiger partial charge in [-0.2, -0.15) is 0 Å². The van der Waals surface area contributed by atoms with Gasteiger partial charge in [0.1, 0.15) is 0 Å². The van der Waals surface area contributed by atoms with E-state index in [1.54, 1.807) is 0 Å². The fourth-order valence-electron chi connectivity index (χ4n) is 1.95. The zero-order valence-corrected chi connectivity index (χ0v) is 10.0. The summed E-state index contributed by atoms with van der Waals surface area (Å²) < 4.78 is 0. The minimum absolute atomic E-state index is 0.129. The summed E-state index contributed by atoms with van der Waals surface area (Å²) in [6, 6.07) is 1.97. The molecule has 1 aromatic heterocycles. The van der Waals surface area contributed by atoms with Gasteiger partial charge in [-0.05, 0) is 11.6 Å². The van der Waals surface area contributed by atoms with E-state index in [2.05, 4.69) is 20.5 Å². The van der Waals surface area contributed by atoms with E-state index >= 15 is 0 Å². The summed E-state index contributed by atoms with van der Waals surface area (Å²) in [5.74, 6) is 0.129. The van der Waals surface area contributed by atoms with Crippen molar-refractivity contribution in [3.05, 3.63) is 24.0 Å². The fourth-order valence-corrected chi connectivity index (χ4v) is 1.95. The highest BCUT2D eigenvalue weighted by atomic mass is 16.1. The Morgan fingerprint density at radius 3 is 2.94 bits per heavy atom. The van der Waals surface area contributed by atoms with Gasteiger partial charge in [0.05, 0.1) is 0 Å². The third kappa shape index (κ3) is 4.20. The summed E-state index contributed by atoms with van der Waals surface area (Å²) in [6.07, 6.45) is 4.35. The van der Waals surface area contributed by atoms with Crippen LogP contribution >= 0.6 is 0 Å². The van der Waals surface area contributed by atoms with E-state index in [0.29, 0.717) is 13.0 Å². The topological polar surface area (TPSA) is 60.2 Å². The summed E-state index contributed by atoms with van der Waals surface area (Å²) in [5, 5.41) is 6.22. The number of piperazine rings is 1. The second-order valence-electron chi connectivity index (χ2n) is 4.34. The van der Waals surface area contributed by atoms with Gasteiger partial charge in [-0.15, -0.1) is 0 Å². The van der Waals surface area contributed by atoms with Crippen molar-refractivity contribution in [1.82, 2.24) is 20.5 Å². The summed E-state index contributed by atoms with van der Waals surface area (Å²) in [7, 11) is 0. The van der Waals surface area contributed by atoms with Crippen LogP contribution in [0, 0.1) is 0 Å². The maximum Gasteiger partial charge on any atom is 0.221 e. The lowest BCUT2D eigenvalue weighted by Crippen LogP contribution is -2.44. The maximum absolute atomic E-state index is 11.6. The molecule has 5 nitrogen and oxygen atoms in total. The number of carbonyl (C=O) groups excluding carboxylic acids is 1. The van der Waals surface area contributed by atoms with Crippen molar-refractivity contribution in [2.75, 3.05) is 32.7 Å². The minimum atomic E-state index is 0.129. The van der Waals surface area contributed by atoms with Gasteiger partial charge in [-0.1, -0.05) is 0 Å². The molecule has 5 heteroatoms. The molecule has 0 atom stereocenters. The smallest absolute Gasteiger partial charge is 0.221 e. The van der Waals surface area contributed by atoms with Gasteiger partial charge in [0.25, 0.3) is 0 Å². The van der Waals surface area contributed by atoms with Gasteiger partial charge in [-0.25, -0.2) is 0 Å². The molecular formula is C12H20N4O. The highest BCUT2D eigenvalue weighted by Crippen LogP contribution is 1.97. The Hall–Kier alpha value is -1.33. The minimum Gasteiger partial charge on any atom is -0.367 e. The van der Waals surface area contributed by atoms with Gasteiger partial charge in [0.2, 0.25) is 5.91 Å². The molecule has 1 aliphatic heterocycles. The number of rotatable bonds is 5. The van der Waals surface area contributed by atoms with Crippen molar-refractivity contribution in [3.8, 4) is 0 Å². The molecule has 0 saturated carbocycles. The molecule has 1 aliphatic rings. The molecule has 94 valence electrons. The Bertz CT molecular complexity index is 330. The monoisotopic (exact) mass is 236 g/mol. The van der Waals surface area contributed by atoms with Crippen LogP contribution in [0.15, 0.2) is 18.5 Å². The molecule has 0 bridgehead atoms. The Labute approximate surface area is 102 Å². The second-order valence-corrected chi connectivity index (χ2v) is 4.34. The van der Waals surface area contributed by atoms with Crippen LogP contribution in [-0.2, 0) is 11.3 Å². The van der Waals surface area contributed by atoms with Crippen LogP contribution in [0.25, 0.3) is 0 Å². The van der Waals surface area contributed by atoms with Crippen LogP contribution in [-0.4, -0.2) is 48.5 Å². The van der Waals surface area contributed by atoms with E-state index in [-0.39, 0.29) is 5.91 Å². The first kappa shape index (κ1) is 12.1. The lowest BCUT2D eigenvalue weighted by Gasteiger charge is -2.26. The lowest BCUT2D eigenvalue weighted by atomic mass is 10.3. The van der Waals surface area contributed by atoms with E-state index < -0.39 is 0 Å². The molecule has 2 rings (SSSR count). The van der Waals surface area contributed by atoms with Crippen LogP contribution in [0.4, 0.5) is 0 Å². The van der Waals surface area contributed by atoms with Gasteiger partial charge in [-0.3, -0.25) is 4.79 Å². The molecule has 2 heterocycles. The first-order valence-corrected chi connectivity index (χ1v) is 6.16. The third-order valence-electron chi connectivity index (χ3n) is 3.02. The van der Waals surface area contributed by atoms with Crippen molar-refractivity contribution in [3.63, 3.8) is 0 Å². The molecule has 1 amide bonds. The molecule has 0 radical (unpaired) electrons. The van der Waals surface area contributed by atoms with Gasteiger partial charge in [0.15, 0.2) is 0 Å². The average Bonchev–Trinajstić information content (AvgIpc) is 2.88. The quantitative estimate of drug-likeness (QED) is 0.670. The molecular weight excluding hydrogens is 216 g/mol. The Morgan fingerprint density at radius 1 is 1.41 bits per heavy atom. The van der Waals surface area contributed by atoms with Gasteiger partial charge in [0, 0.05) is 58.1 Å². The van der Waals surface area contributed by atoms with E-state index in [9.17, 15) is 4.79 Å². The molecule has 0 aliphatic carbocycles. The first-order chi connectivity index (χ1) is 8.34. The zero-order valence-electron chi connectivity index (χ0n) is 10.0. The van der Waals surface area contributed by atoms with Crippen LogP contribution < -0.4 is 10.6 Å². The Kier molecular flexibility index (Phi) is 4.58. The number of aromatic amines is 1. The Morgan fingerprint density at radius 2 is 2.24 bits per heavy atom. The summed E-state index contributed by atoms with van der Waals surface area (Å²) in [4.78, 5) is 16.9.